The van der Waals surface area contributed by atoms with Crippen molar-refractivity contribution in [3.8, 4) is 0 Å². The molecule has 4 heterocycles. The fourth-order valence-corrected chi connectivity index (χ4v) is 14.7. The van der Waals surface area contributed by atoms with Gasteiger partial charge in [-0.3, -0.25) is 9.59 Å². The fraction of sp³-hybridized carbons (Fsp3) is 0.866. The van der Waals surface area contributed by atoms with Gasteiger partial charge in [0.2, 0.25) is 0 Å². The molecule has 0 radical (unpaired) electrons. The van der Waals surface area contributed by atoms with E-state index in [1.165, 1.54) is 27.7 Å². The average molecular weight is 1410 g/mol. The average Bonchev–Trinajstić information content (AvgIpc) is 1.67. The lowest BCUT2D eigenvalue weighted by Gasteiger charge is -2.47. The molecule has 4 saturated heterocycles. The maximum absolute atomic E-state index is 13.5. The first kappa shape index (κ1) is 81.1. The summed E-state index contributed by atoms with van der Waals surface area (Å²) < 4.78 is 44.1. The van der Waals surface area contributed by atoms with Crippen molar-refractivity contribution in [3.63, 3.8) is 0 Å². The van der Waals surface area contributed by atoms with Gasteiger partial charge in [0.25, 0.3) is 0 Å². The van der Waals surface area contributed by atoms with E-state index in [0.29, 0.717) is 31.5 Å². The number of carbonyl (C=O) groups excluding carboxylic acids is 3. The van der Waals surface area contributed by atoms with Crippen LogP contribution in [0.4, 0.5) is 0 Å². The van der Waals surface area contributed by atoms with Crippen LogP contribution in [0.2, 0.25) is 0 Å². The molecule has 91 heavy (non-hydrogen) atoms. The standard InChI is InChI=1S/C37H61IN2O10.C30H58N2O9/c1-12-28-37(8,46)31(42)24(6)40(11)19-20(2)18-36(7,45)32(22(4)29(41)23(5)33(43)48-28)50-35-30(27(39(9)10)17-21(3)47-35)49-34(44)25-13-15-26(38)16-14-25;1-12-22-30(8,38)25(35)20(6)32(11)15-16(2)14-29(7,37)26(18(4)23(33)19(5)27(36)40-22)41-28-24(34)21(31(9)10)13-17(3)39-28/h13-16,20-24,27-32,35,41-42,45-46H,12,17-19H2,1-11H3;16-26,28,33-35,37-38H,12-15H2,1-11H3/t20-,21-,22+,23-,24-,27+,28-,29+,30-,31-,32-,35+,36-,37-;16-,17-,18+,19-,20-,21+,22-,23+,24-,25-,26-,28+,29-,30-/m11/s1. The number of benzene rings is 1. The zero-order chi connectivity index (χ0) is 69.5. The zero-order valence-electron chi connectivity index (χ0n) is 58.6. The third-order valence-corrected chi connectivity index (χ3v) is 20.9. The Bertz CT molecular complexity index is 2420. The molecule has 5 rings (SSSR count). The van der Waals surface area contributed by atoms with E-state index in [-0.39, 0.29) is 61.8 Å². The number of aliphatic hydroxyl groups excluding tert-OH is 5. The fourth-order valence-electron chi connectivity index (χ4n) is 14.4. The molecule has 0 aliphatic carbocycles. The van der Waals surface area contributed by atoms with Gasteiger partial charge < -0.3 is 98.7 Å². The lowest BCUT2D eigenvalue weighted by Crippen LogP contribution is -2.60. The number of ether oxygens (including phenoxy) is 7. The Hall–Kier alpha value is -2.32. The van der Waals surface area contributed by atoms with Gasteiger partial charge in [-0.2, -0.15) is 0 Å². The van der Waals surface area contributed by atoms with Crippen LogP contribution in [0, 0.1) is 39.1 Å². The third kappa shape index (κ3) is 20.4. The molecule has 23 nitrogen and oxygen atoms in total. The number of carbonyl (C=O) groups is 3. The first-order valence-corrected chi connectivity index (χ1v) is 34.0. The summed E-state index contributed by atoms with van der Waals surface area (Å²) in [4.78, 5) is 48.0. The molecular weight excluding hydrogens is 1290 g/mol. The molecule has 0 unspecified atom stereocenters. The normalized spacial score (nSPS) is 44.6. The van der Waals surface area contributed by atoms with Gasteiger partial charge >= 0.3 is 17.9 Å². The molecule has 0 aromatic heterocycles. The summed E-state index contributed by atoms with van der Waals surface area (Å²) in [5, 5.41) is 104. The summed E-state index contributed by atoms with van der Waals surface area (Å²) in [5.74, 6) is -6.04. The van der Waals surface area contributed by atoms with Crippen LogP contribution >= 0.6 is 22.6 Å². The van der Waals surface area contributed by atoms with Crippen molar-refractivity contribution in [1.29, 1.82) is 0 Å². The van der Waals surface area contributed by atoms with Crippen LogP contribution in [-0.4, -0.2) is 271 Å². The Balaban J connectivity index is 0.000000396. The largest absolute Gasteiger partial charge is 0.459 e. The number of halogens is 1. The van der Waals surface area contributed by atoms with Crippen molar-refractivity contribution in [2.75, 3.05) is 55.4 Å². The minimum absolute atomic E-state index is 0.0990. The molecule has 28 atom stereocenters. The Labute approximate surface area is 556 Å². The molecule has 1 aromatic rings. The lowest BCUT2D eigenvalue weighted by molar-refractivity contribution is -0.299. The van der Waals surface area contributed by atoms with Crippen molar-refractivity contribution in [2.24, 2.45) is 35.5 Å². The molecular formula is C67H119IN4O19. The summed E-state index contributed by atoms with van der Waals surface area (Å²) in [6.45, 7) is 28.4. The Morgan fingerprint density at radius 2 is 0.956 bits per heavy atom. The van der Waals surface area contributed by atoms with Gasteiger partial charge in [-0.05, 0) is 209 Å². The van der Waals surface area contributed by atoms with Crippen molar-refractivity contribution < 1.29 is 93.5 Å². The van der Waals surface area contributed by atoms with E-state index in [1.54, 1.807) is 67.5 Å². The smallest absolute Gasteiger partial charge is 0.338 e. The highest BCUT2D eigenvalue weighted by Gasteiger charge is 2.53. The van der Waals surface area contributed by atoms with Gasteiger partial charge in [0.1, 0.15) is 41.7 Å². The summed E-state index contributed by atoms with van der Waals surface area (Å²) in [6, 6.07) is 5.47. The minimum atomic E-state index is -1.78. The zero-order valence-corrected chi connectivity index (χ0v) is 60.8. The van der Waals surface area contributed by atoms with E-state index in [4.69, 9.17) is 33.2 Å². The van der Waals surface area contributed by atoms with Crippen LogP contribution < -0.4 is 0 Å². The lowest BCUT2D eigenvalue weighted by atomic mass is 9.78. The van der Waals surface area contributed by atoms with Crippen molar-refractivity contribution in [1.82, 2.24) is 19.6 Å². The van der Waals surface area contributed by atoms with E-state index in [0.717, 1.165) is 3.57 Å². The van der Waals surface area contributed by atoms with E-state index in [9.17, 15) is 60.3 Å². The summed E-state index contributed by atoms with van der Waals surface area (Å²) >= 11 is 2.17. The number of hydrogen-bond donors (Lipinski definition) is 9. The monoisotopic (exact) mass is 1410 g/mol. The molecule has 9 N–H and O–H groups in total. The number of nitrogens with zero attached hydrogens (tertiary/aromatic N) is 4. The highest BCUT2D eigenvalue weighted by Crippen LogP contribution is 2.40. The van der Waals surface area contributed by atoms with Gasteiger partial charge in [0.15, 0.2) is 18.7 Å². The van der Waals surface area contributed by atoms with Crippen LogP contribution in [0.5, 0.6) is 0 Å². The predicted octanol–water partition coefficient (Wildman–Crippen LogP) is 4.42. The Morgan fingerprint density at radius 3 is 1.33 bits per heavy atom. The molecule has 4 aliphatic rings. The molecule has 4 aliphatic heterocycles. The van der Waals surface area contributed by atoms with E-state index >= 15 is 0 Å². The molecule has 0 spiro atoms. The number of rotatable bonds is 10. The highest BCUT2D eigenvalue weighted by atomic mass is 127. The first-order valence-electron chi connectivity index (χ1n) is 32.9. The van der Waals surface area contributed by atoms with E-state index in [1.807, 2.05) is 102 Å². The van der Waals surface area contributed by atoms with Gasteiger partial charge in [0, 0.05) is 46.6 Å². The van der Waals surface area contributed by atoms with Gasteiger partial charge in [-0.1, -0.05) is 41.5 Å². The number of hydrogen-bond acceptors (Lipinski definition) is 23. The summed E-state index contributed by atoms with van der Waals surface area (Å²) in [7, 11) is 11.2. The second kappa shape index (κ2) is 33.8. The van der Waals surface area contributed by atoms with Gasteiger partial charge in [-0.15, -0.1) is 0 Å². The quantitative estimate of drug-likeness (QED) is 0.0890. The first-order chi connectivity index (χ1) is 41.9. The van der Waals surface area contributed by atoms with Gasteiger partial charge in [0.05, 0.1) is 71.3 Å². The number of likely N-dealkylation sites (N-methyl/N-ethyl adjacent to an activating group) is 4. The van der Waals surface area contributed by atoms with Crippen LogP contribution in [0.1, 0.15) is 160 Å². The molecule has 1 aromatic carbocycles. The predicted molar refractivity (Wildman–Crippen MR) is 352 cm³/mol. The molecule has 528 valence electrons. The van der Waals surface area contributed by atoms with Crippen LogP contribution in [0.3, 0.4) is 0 Å². The molecule has 0 amide bonds. The number of cyclic esters (lactones) is 2. The third-order valence-electron chi connectivity index (χ3n) is 20.2. The van der Waals surface area contributed by atoms with Crippen molar-refractivity contribution in [2.45, 2.75) is 282 Å². The van der Waals surface area contributed by atoms with Crippen LogP contribution in [-0.2, 0) is 42.7 Å². The molecule has 0 saturated carbocycles. The van der Waals surface area contributed by atoms with Crippen molar-refractivity contribution in [3.05, 3.63) is 33.4 Å². The van der Waals surface area contributed by atoms with Crippen LogP contribution in [0.25, 0.3) is 0 Å². The number of aliphatic hydroxyl groups is 9. The van der Waals surface area contributed by atoms with E-state index in [2.05, 4.69) is 22.6 Å². The van der Waals surface area contributed by atoms with Crippen LogP contribution in [0.15, 0.2) is 24.3 Å². The van der Waals surface area contributed by atoms with Crippen molar-refractivity contribution >= 4 is 40.5 Å². The molecule has 24 heteroatoms. The Morgan fingerprint density at radius 1 is 0.593 bits per heavy atom. The second-order valence-electron chi connectivity index (χ2n) is 29.1. The van der Waals surface area contributed by atoms with Gasteiger partial charge in [-0.25, -0.2) is 4.79 Å². The SMILES string of the molecule is CC[C@H]1OC(=O)[C@H](C)[C@@H](O)[C@H](C)[C@@H](O[C@@H]2O[C@H](C)C[C@H](N(C)C)[C@H]2O)[C@](C)(O)C[C@@H](C)CN(C)[C@H](C)[C@@H](O)[C@]1(C)O.CC[C@H]1OC(=O)[C@H](C)[C@@H](O)[C@H](C)[C@@H](O[C@@H]2O[C@H](C)C[C@H](N(C)C)[C@H]2OC(=O)c2ccc(I)cc2)[C@](C)(O)C[C@@H](C)CN(C)[C@H](C)[C@@H](O)[C@]1(C)O. The second-order valence-corrected chi connectivity index (χ2v) is 30.4. The summed E-state index contributed by atoms with van der Waals surface area (Å²) in [5.41, 5.74) is -6.23. The van der Waals surface area contributed by atoms with E-state index < -0.39 is 150 Å². The Kier molecular flexibility index (Phi) is 30.1. The minimum Gasteiger partial charge on any atom is -0.459 e. The molecule has 4 fully saturated rings. The topological polar surface area (TPSA) is 311 Å². The molecule has 0 bridgehead atoms. The maximum atomic E-state index is 13.5. The highest BCUT2D eigenvalue weighted by molar-refractivity contribution is 14.1. The summed E-state index contributed by atoms with van der Waals surface area (Å²) in [6.07, 6.45) is -11.8. The number of esters is 3. The maximum Gasteiger partial charge on any atom is 0.338 e.